The lowest BCUT2D eigenvalue weighted by Crippen LogP contribution is -2.30. The summed E-state index contributed by atoms with van der Waals surface area (Å²) in [6.45, 7) is 4.98. The lowest BCUT2D eigenvalue weighted by molar-refractivity contribution is 0.202. The molecule has 0 spiro atoms. The first-order valence-electron chi connectivity index (χ1n) is 7.54. The molecule has 1 aliphatic heterocycles. The Labute approximate surface area is 125 Å². The number of rotatable bonds is 4. The summed E-state index contributed by atoms with van der Waals surface area (Å²) in [4.78, 5) is 8.66. The number of aromatic nitrogens is 2. The highest BCUT2D eigenvalue weighted by Crippen LogP contribution is 2.22. The molecule has 0 amide bonds. The zero-order valence-electron chi connectivity index (χ0n) is 12.4. The van der Waals surface area contributed by atoms with Gasteiger partial charge >= 0.3 is 6.01 Å². The van der Waals surface area contributed by atoms with Crippen molar-refractivity contribution < 1.29 is 4.74 Å². The second-order valence-electron chi connectivity index (χ2n) is 5.57. The summed E-state index contributed by atoms with van der Waals surface area (Å²) >= 11 is 0. The molecule has 110 valence electrons. The molecule has 0 atom stereocenters. The Morgan fingerprint density at radius 3 is 2.57 bits per heavy atom. The van der Waals surface area contributed by atoms with E-state index in [4.69, 9.17) is 4.74 Å². The Bertz CT molecular complexity index is 577. The van der Waals surface area contributed by atoms with Gasteiger partial charge in [-0.2, -0.15) is 0 Å². The van der Waals surface area contributed by atoms with Crippen molar-refractivity contribution in [2.75, 3.05) is 19.7 Å². The molecule has 4 heteroatoms. The van der Waals surface area contributed by atoms with Gasteiger partial charge in [-0.15, -0.1) is 0 Å². The number of hydrogen-bond acceptors (Lipinski definition) is 4. The van der Waals surface area contributed by atoms with Crippen LogP contribution in [0.3, 0.4) is 0 Å². The van der Waals surface area contributed by atoms with Gasteiger partial charge in [-0.05, 0) is 49.9 Å². The average Bonchev–Trinajstić information content (AvgIpc) is 2.55. The Kier molecular flexibility index (Phi) is 4.46. The van der Waals surface area contributed by atoms with Gasteiger partial charge in [0.15, 0.2) is 0 Å². The molecule has 0 saturated carbocycles. The second-order valence-corrected chi connectivity index (χ2v) is 5.57. The molecule has 0 radical (unpaired) electrons. The van der Waals surface area contributed by atoms with Crippen LogP contribution in [0.15, 0.2) is 36.7 Å². The third-order valence-electron chi connectivity index (χ3n) is 3.99. The van der Waals surface area contributed by atoms with Gasteiger partial charge in [0.25, 0.3) is 0 Å². The monoisotopic (exact) mass is 283 g/mol. The van der Waals surface area contributed by atoms with Crippen LogP contribution in [0.25, 0.3) is 11.1 Å². The largest absolute Gasteiger partial charge is 0.463 e. The molecule has 2 heterocycles. The molecule has 4 nitrogen and oxygen atoms in total. The number of benzene rings is 1. The normalized spacial score (nSPS) is 15.9. The Hall–Kier alpha value is -1.94. The fraction of sp³-hybridized carbons (Fsp3) is 0.412. The quantitative estimate of drug-likeness (QED) is 0.937. The van der Waals surface area contributed by atoms with E-state index in [0.29, 0.717) is 18.5 Å². The van der Waals surface area contributed by atoms with E-state index in [1.807, 2.05) is 24.5 Å². The lowest BCUT2D eigenvalue weighted by atomic mass is 9.99. The molecule has 1 aromatic carbocycles. The summed E-state index contributed by atoms with van der Waals surface area (Å²) in [5.41, 5.74) is 3.43. The average molecular weight is 283 g/mol. The van der Waals surface area contributed by atoms with Gasteiger partial charge in [0, 0.05) is 18.0 Å². The third-order valence-corrected chi connectivity index (χ3v) is 3.99. The Balaban J connectivity index is 1.63. The highest BCUT2D eigenvalue weighted by atomic mass is 16.5. The molecule has 1 fully saturated rings. The molecule has 3 rings (SSSR count). The zero-order chi connectivity index (χ0) is 14.5. The maximum atomic E-state index is 5.72. The summed E-state index contributed by atoms with van der Waals surface area (Å²) in [5.74, 6) is 0.617. The Morgan fingerprint density at radius 1 is 1.14 bits per heavy atom. The smallest absolute Gasteiger partial charge is 0.316 e. The van der Waals surface area contributed by atoms with Crippen LogP contribution in [-0.4, -0.2) is 29.7 Å². The highest BCUT2D eigenvalue weighted by molar-refractivity contribution is 5.65. The predicted molar refractivity (Wildman–Crippen MR) is 83.3 cm³/mol. The van der Waals surface area contributed by atoms with Crippen LogP contribution in [0.5, 0.6) is 6.01 Å². The number of aryl methyl sites for hydroxylation is 1. The number of hydrogen-bond donors (Lipinski definition) is 1. The predicted octanol–water partition coefficient (Wildman–Crippen LogP) is 2.83. The van der Waals surface area contributed by atoms with E-state index in [2.05, 4.69) is 34.3 Å². The van der Waals surface area contributed by atoms with Gasteiger partial charge in [-0.25, -0.2) is 9.97 Å². The summed E-state index contributed by atoms with van der Waals surface area (Å²) < 4.78 is 5.72. The molecule has 1 aliphatic rings. The van der Waals surface area contributed by atoms with Gasteiger partial charge in [0.05, 0.1) is 6.61 Å². The number of piperidine rings is 1. The molecule has 1 N–H and O–H groups in total. The van der Waals surface area contributed by atoms with E-state index in [0.717, 1.165) is 18.7 Å². The van der Waals surface area contributed by atoms with Crippen molar-refractivity contribution >= 4 is 0 Å². The first-order valence-corrected chi connectivity index (χ1v) is 7.54. The molecule has 0 unspecified atom stereocenters. The molecule has 1 aromatic heterocycles. The minimum atomic E-state index is 0.478. The van der Waals surface area contributed by atoms with Crippen molar-refractivity contribution in [1.82, 2.24) is 15.3 Å². The minimum Gasteiger partial charge on any atom is -0.463 e. The van der Waals surface area contributed by atoms with E-state index in [9.17, 15) is 0 Å². The van der Waals surface area contributed by atoms with E-state index in [1.165, 1.54) is 24.0 Å². The van der Waals surface area contributed by atoms with Crippen LogP contribution in [0.2, 0.25) is 0 Å². The minimum absolute atomic E-state index is 0.478. The van der Waals surface area contributed by atoms with Gasteiger partial charge < -0.3 is 10.1 Å². The zero-order valence-corrected chi connectivity index (χ0v) is 12.4. The van der Waals surface area contributed by atoms with Crippen LogP contribution in [0, 0.1) is 12.8 Å². The second kappa shape index (κ2) is 6.68. The summed E-state index contributed by atoms with van der Waals surface area (Å²) in [6, 6.07) is 8.73. The first kappa shape index (κ1) is 14.0. The maximum Gasteiger partial charge on any atom is 0.316 e. The van der Waals surface area contributed by atoms with Crippen molar-refractivity contribution in [3.8, 4) is 17.1 Å². The van der Waals surface area contributed by atoms with Gasteiger partial charge in [0.2, 0.25) is 0 Å². The SMILES string of the molecule is Cc1ccccc1-c1cnc(OCC2CCNCC2)nc1. The van der Waals surface area contributed by atoms with Crippen LogP contribution >= 0.6 is 0 Å². The van der Waals surface area contributed by atoms with Crippen molar-refractivity contribution in [3.05, 3.63) is 42.2 Å². The van der Waals surface area contributed by atoms with Crippen LogP contribution < -0.4 is 10.1 Å². The van der Waals surface area contributed by atoms with Gasteiger partial charge in [-0.3, -0.25) is 0 Å². The molecular weight excluding hydrogens is 262 g/mol. The number of ether oxygens (including phenoxy) is 1. The topological polar surface area (TPSA) is 47.0 Å². The molecule has 21 heavy (non-hydrogen) atoms. The fourth-order valence-electron chi connectivity index (χ4n) is 2.67. The molecule has 0 aliphatic carbocycles. The molecule has 0 bridgehead atoms. The number of nitrogens with zero attached hydrogens (tertiary/aromatic N) is 2. The van der Waals surface area contributed by atoms with E-state index < -0.39 is 0 Å². The maximum absolute atomic E-state index is 5.72. The Morgan fingerprint density at radius 2 is 1.86 bits per heavy atom. The summed E-state index contributed by atoms with van der Waals surface area (Å²) in [7, 11) is 0. The van der Waals surface area contributed by atoms with Crippen molar-refractivity contribution in [3.63, 3.8) is 0 Å². The molecule has 2 aromatic rings. The highest BCUT2D eigenvalue weighted by Gasteiger charge is 2.14. The third kappa shape index (κ3) is 3.58. The summed E-state index contributed by atoms with van der Waals surface area (Å²) in [6.07, 6.45) is 6.02. The molecule has 1 saturated heterocycles. The van der Waals surface area contributed by atoms with Crippen LogP contribution in [0.1, 0.15) is 18.4 Å². The van der Waals surface area contributed by atoms with E-state index in [1.54, 1.807) is 0 Å². The lowest BCUT2D eigenvalue weighted by Gasteiger charge is -2.21. The number of nitrogens with one attached hydrogen (secondary N) is 1. The first-order chi connectivity index (χ1) is 10.3. The fourth-order valence-corrected chi connectivity index (χ4v) is 2.67. The summed E-state index contributed by atoms with van der Waals surface area (Å²) in [5, 5.41) is 3.36. The van der Waals surface area contributed by atoms with Gasteiger partial charge in [0.1, 0.15) is 0 Å². The van der Waals surface area contributed by atoms with E-state index in [-0.39, 0.29) is 0 Å². The van der Waals surface area contributed by atoms with Crippen molar-refractivity contribution in [2.45, 2.75) is 19.8 Å². The molecular formula is C17H21N3O. The van der Waals surface area contributed by atoms with Crippen LogP contribution in [0.4, 0.5) is 0 Å². The van der Waals surface area contributed by atoms with Crippen LogP contribution in [-0.2, 0) is 0 Å². The standard InChI is InChI=1S/C17H21N3O/c1-13-4-2-3-5-16(13)15-10-19-17(20-11-15)21-12-14-6-8-18-9-7-14/h2-5,10-11,14,18H,6-9,12H2,1H3. The van der Waals surface area contributed by atoms with Crippen molar-refractivity contribution in [1.29, 1.82) is 0 Å². The van der Waals surface area contributed by atoms with Crippen molar-refractivity contribution in [2.24, 2.45) is 5.92 Å². The van der Waals surface area contributed by atoms with Gasteiger partial charge in [-0.1, -0.05) is 24.3 Å². The van der Waals surface area contributed by atoms with E-state index >= 15 is 0 Å².